The second-order valence-electron chi connectivity index (χ2n) is 4.99. The van der Waals surface area contributed by atoms with Crippen molar-refractivity contribution in [2.75, 3.05) is 0 Å². The van der Waals surface area contributed by atoms with Gasteiger partial charge in [-0.15, -0.1) is 0 Å². The largest absolute Gasteiger partial charge is 0.389 e. The van der Waals surface area contributed by atoms with Gasteiger partial charge in [-0.1, -0.05) is 36.5 Å². The van der Waals surface area contributed by atoms with Crippen LogP contribution in [0.25, 0.3) is 0 Å². The molecule has 1 aromatic carbocycles. The molecule has 0 saturated carbocycles. The van der Waals surface area contributed by atoms with Crippen molar-refractivity contribution in [2.24, 2.45) is 5.73 Å². The Labute approximate surface area is 122 Å². The maximum absolute atomic E-state index is 12.3. The number of hydrogen-bond donors (Lipinski definition) is 1. The fraction of sp³-hybridized carbons (Fsp3) is 0.357. The molecule has 1 aliphatic heterocycles. The van der Waals surface area contributed by atoms with Gasteiger partial charge in [0.1, 0.15) is 10.8 Å². The lowest BCUT2D eigenvalue weighted by atomic mass is 10.1. The Morgan fingerprint density at radius 3 is 2.90 bits per heavy atom. The summed E-state index contributed by atoms with van der Waals surface area (Å²) in [6, 6.07) is 7.61. The van der Waals surface area contributed by atoms with Crippen LogP contribution in [0.3, 0.4) is 0 Å². The third kappa shape index (κ3) is 2.27. The zero-order valence-corrected chi connectivity index (χ0v) is 11.9. The van der Waals surface area contributed by atoms with Crippen LogP contribution in [-0.4, -0.2) is 19.3 Å². The van der Waals surface area contributed by atoms with Crippen LogP contribution in [0, 0.1) is 0 Å². The molecule has 104 valence electrons. The van der Waals surface area contributed by atoms with Crippen LogP contribution in [0.4, 0.5) is 0 Å². The first-order chi connectivity index (χ1) is 9.66. The number of aromatic nitrogens is 3. The number of benzene rings is 1. The van der Waals surface area contributed by atoms with Gasteiger partial charge in [-0.25, -0.2) is 9.48 Å². The lowest BCUT2D eigenvalue weighted by molar-refractivity contribution is 0.511. The van der Waals surface area contributed by atoms with Gasteiger partial charge in [0.2, 0.25) is 0 Å². The number of rotatable bonds is 3. The van der Waals surface area contributed by atoms with Gasteiger partial charge in [-0.05, 0) is 18.4 Å². The fourth-order valence-electron chi connectivity index (χ4n) is 2.61. The normalized spacial score (nSPS) is 14.0. The molecule has 2 aromatic rings. The molecule has 1 aromatic heterocycles. The molecule has 2 heterocycles. The summed E-state index contributed by atoms with van der Waals surface area (Å²) in [5.41, 5.74) is 7.41. The molecule has 0 amide bonds. The average molecular weight is 288 g/mol. The second kappa shape index (κ2) is 5.20. The van der Waals surface area contributed by atoms with Crippen molar-refractivity contribution in [3.8, 4) is 0 Å². The van der Waals surface area contributed by atoms with Gasteiger partial charge in [0.05, 0.1) is 6.54 Å². The van der Waals surface area contributed by atoms with Crippen molar-refractivity contribution in [1.82, 2.24) is 14.3 Å². The average Bonchev–Trinajstić information content (AvgIpc) is 2.76. The van der Waals surface area contributed by atoms with Crippen LogP contribution in [-0.2, 0) is 19.5 Å². The first-order valence-corrected chi connectivity index (χ1v) is 7.12. The standard InChI is InChI=1S/C14H16N4OS/c15-13(20)11-6-2-1-5-10(11)9-18-14(19)17-8-4-3-7-12(17)16-18/h1-2,5-6H,3-4,7-9H2,(H2,15,20). The van der Waals surface area contributed by atoms with Gasteiger partial charge in [-0.2, -0.15) is 5.10 Å². The fourth-order valence-corrected chi connectivity index (χ4v) is 2.81. The zero-order valence-electron chi connectivity index (χ0n) is 11.1. The van der Waals surface area contributed by atoms with Crippen LogP contribution in [0.2, 0.25) is 0 Å². The highest BCUT2D eigenvalue weighted by molar-refractivity contribution is 7.80. The molecule has 0 bridgehead atoms. The van der Waals surface area contributed by atoms with Crippen LogP contribution in [0.1, 0.15) is 29.8 Å². The maximum Gasteiger partial charge on any atom is 0.346 e. The third-order valence-corrected chi connectivity index (χ3v) is 3.85. The molecule has 5 nitrogen and oxygen atoms in total. The summed E-state index contributed by atoms with van der Waals surface area (Å²) in [5, 5.41) is 4.43. The van der Waals surface area contributed by atoms with E-state index in [-0.39, 0.29) is 5.69 Å². The molecule has 1 aliphatic rings. The van der Waals surface area contributed by atoms with Crippen LogP contribution < -0.4 is 11.4 Å². The molecule has 20 heavy (non-hydrogen) atoms. The summed E-state index contributed by atoms with van der Waals surface area (Å²) in [6.45, 7) is 1.18. The van der Waals surface area contributed by atoms with E-state index in [2.05, 4.69) is 5.10 Å². The molecule has 0 radical (unpaired) electrons. The number of hydrogen-bond acceptors (Lipinski definition) is 3. The highest BCUT2D eigenvalue weighted by Gasteiger charge is 2.17. The quantitative estimate of drug-likeness (QED) is 0.858. The molecular weight excluding hydrogens is 272 g/mol. The van der Waals surface area contributed by atoms with Crippen molar-refractivity contribution >= 4 is 17.2 Å². The predicted molar refractivity (Wildman–Crippen MR) is 80.9 cm³/mol. The Kier molecular flexibility index (Phi) is 3.40. The predicted octanol–water partition coefficient (Wildman–Crippen LogP) is 1.06. The van der Waals surface area contributed by atoms with E-state index < -0.39 is 0 Å². The minimum absolute atomic E-state index is 0.0440. The van der Waals surface area contributed by atoms with E-state index in [4.69, 9.17) is 18.0 Å². The van der Waals surface area contributed by atoms with Gasteiger partial charge < -0.3 is 5.73 Å². The van der Waals surface area contributed by atoms with Crippen molar-refractivity contribution in [3.05, 3.63) is 51.7 Å². The highest BCUT2D eigenvalue weighted by atomic mass is 32.1. The molecule has 6 heteroatoms. The number of thiocarbonyl (C=S) groups is 1. The number of aryl methyl sites for hydroxylation is 1. The summed E-state index contributed by atoms with van der Waals surface area (Å²) < 4.78 is 3.28. The summed E-state index contributed by atoms with van der Waals surface area (Å²) in [4.78, 5) is 12.6. The summed E-state index contributed by atoms with van der Waals surface area (Å²) in [6.07, 6.45) is 3.02. The maximum atomic E-state index is 12.3. The SMILES string of the molecule is NC(=S)c1ccccc1Cn1nc2n(c1=O)CCCC2. The first kappa shape index (κ1) is 13.1. The van der Waals surface area contributed by atoms with E-state index in [9.17, 15) is 4.79 Å². The third-order valence-electron chi connectivity index (χ3n) is 3.63. The molecular formula is C14H16N4OS. The van der Waals surface area contributed by atoms with E-state index in [0.29, 0.717) is 11.5 Å². The van der Waals surface area contributed by atoms with Gasteiger partial charge >= 0.3 is 5.69 Å². The Hall–Kier alpha value is -1.95. The van der Waals surface area contributed by atoms with Gasteiger partial charge in [0.25, 0.3) is 0 Å². The van der Waals surface area contributed by atoms with Gasteiger partial charge in [-0.3, -0.25) is 4.57 Å². The highest BCUT2D eigenvalue weighted by Crippen LogP contribution is 2.12. The molecule has 0 saturated heterocycles. The molecule has 0 aliphatic carbocycles. The molecule has 0 unspecified atom stereocenters. The Balaban J connectivity index is 1.98. The van der Waals surface area contributed by atoms with E-state index in [1.165, 1.54) is 4.68 Å². The molecule has 0 atom stereocenters. The summed E-state index contributed by atoms with van der Waals surface area (Å²) in [7, 11) is 0. The van der Waals surface area contributed by atoms with Crippen LogP contribution in [0.5, 0.6) is 0 Å². The molecule has 3 rings (SSSR count). The Bertz CT molecular complexity index is 716. The molecule has 2 N–H and O–H groups in total. The minimum Gasteiger partial charge on any atom is -0.389 e. The summed E-state index contributed by atoms with van der Waals surface area (Å²) >= 11 is 5.05. The number of nitrogens with zero attached hydrogens (tertiary/aromatic N) is 3. The molecule has 0 fully saturated rings. The van der Waals surface area contributed by atoms with Crippen molar-refractivity contribution < 1.29 is 0 Å². The lowest BCUT2D eigenvalue weighted by Crippen LogP contribution is -2.27. The topological polar surface area (TPSA) is 65.8 Å². The number of nitrogens with two attached hydrogens (primary N) is 1. The van der Waals surface area contributed by atoms with Crippen LogP contribution >= 0.6 is 12.2 Å². The van der Waals surface area contributed by atoms with Gasteiger partial charge in [0.15, 0.2) is 0 Å². The molecule has 0 spiro atoms. The smallest absolute Gasteiger partial charge is 0.346 e. The van der Waals surface area contributed by atoms with E-state index in [1.807, 2.05) is 24.3 Å². The Morgan fingerprint density at radius 2 is 2.15 bits per heavy atom. The Morgan fingerprint density at radius 1 is 1.35 bits per heavy atom. The van der Waals surface area contributed by atoms with Crippen molar-refractivity contribution in [3.63, 3.8) is 0 Å². The summed E-state index contributed by atoms with van der Waals surface area (Å²) in [5.74, 6) is 0.883. The second-order valence-corrected chi connectivity index (χ2v) is 5.43. The first-order valence-electron chi connectivity index (χ1n) is 6.71. The van der Waals surface area contributed by atoms with Crippen molar-refractivity contribution in [2.45, 2.75) is 32.4 Å². The van der Waals surface area contributed by atoms with Crippen molar-refractivity contribution in [1.29, 1.82) is 0 Å². The van der Waals surface area contributed by atoms with Crippen LogP contribution in [0.15, 0.2) is 29.1 Å². The lowest BCUT2D eigenvalue weighted by Gasteiger charge is -2.09. The van der Waals surface area contributed by atoms with E-state index >= 15 is 0 Å². The monoisotopic (exact) mass is 288 g/mol. The zero-order chi connectivity index (χ0) is 14.1. The van der Waals surface area contributed by atoms with E-state index in [1.54, 1.807) is 4.57 Å². The van der Waals surface area contributed by atoms with E-state index in [0.717, 1.165) is 42.8 Å². The number of fused-ring (bicyclic) bond motifs is 1. The van der Waals surface area contributed by atoms with Gasteiger partial charge in [0, 0.05) is 18.5 Å². The minimum atomic E-state index is -0.0440.